The molecule has 0 spiro atoms. The topological polar surface area (TPSA) is 42.9 Å². The molecule has 3 nitrogen and oxygen atoms in total. The van der Waals surface area contributed by atoms with Gasteiger partial charge in [0.1, 0.15) is 5.52 Å². The summed E-state index contributed by atoms with van der Waals surface area (Å²) in [5, 5.41) is 0.468. The van der Waals surface area contributed by atoms with Crippen LogP contribution in [0.25, 0.3) is 11.0 Å². The second-order valence-electron chi connectivity index (χ2n) is 2.57. The summed E-state index contributed by atoms with van der Waals surface area (Å²) in [6, 6.07) is 5.10. The van der Waals surface area contributed by atoms with Crippen LogP contribution in [0.5, 0.6) is 0 Å². The van der Waals surface area contributed by atoms with Gasteiger partial charge in [0.05, 0.1) is 10.5 Å². The van der Waals surface area contributed by atoms with E-state index in [4.69, 9.17) is 23.2 Å². The Morgan fingerprint density at radius 3 is 2.71 bits per heavy atom. The van der Waals surface area contributed by atoms with E-state index >= 15 is 0 Å². The van der Waals surface area contributed by atoms with E-state index in [1.54, 1.807) is 24.5 Å². The normalized spacial score (nSPS) is 10.4. The second kappa shape index (κ2) is 3.52. The molecule has 14 heavy (non-hydrogen) atoms. The predicted molar refractivity (Wildman–Crippen MR) is 54.4 cm³/mol. The minimum absolute atomic E-state index is 0.00133. The van der Waals surface area contributed by atoms with Crippen molar-refractivity contribution in [1.82, 2.24) is 9.97 Å². The molecule has 0 fully saturated rings. The summed E-state index contributed by atoms with van der Waals surface area (Å²) < 4.78 is 0. The maximum absolute atomic E-state index is 10.4. The van der Waals surface area contributed by atoms with E-state index in [0.29, 0.717) is 16.1 Å². The lowest BCUT2D eigenvalue weighted by Crippen LogP contribution is -1.94. The molecule has 2 rings (SSSR count). The highest BCUT2D eigenvalue weighted by Crippen LogP contribution is 2.22. The minimum Gasteiger partial charge on any atom is -0.283 e. The fraction of sp³-hybridized carbons (Fsp3) is 0. The molecule has 0 aliphatic heterocycles. The number of nitrogens with zero attached hydrogens (tertiary/aromatic N) is 2. The number of rotatable bonds is 1. The van der Waals surface area contributed by atoms with Crippen molar-refractivity contribution in [3.8, 4) is 0 Å². The first-order valence-electron chi connectivity index (χ1n) is 3.72. The van der Waals surface area contributed by atoms with Gasteiger partial charge in [-0.25, -0.2) is 9.97 Å². The van der Waals surface area contributed by atoms with Crippen LogP contribution in [0.15, 0.2) is 18.2 Å². The Morgan fingerprint density at radius 2 is 2.00 bits per heavy atom. The van der Waals surface area contributed by atoms with Crippen molar-refractivity contribution in [2.45, 2.75) is 0 Å². The number of para-hydroxylation sites is 1. The van der Waals surface area contributed by atoms with E-state index in [0.717, 1.165) is 0 Å². The number of halogens is 2. The largest absolute Gasteiger partial charge is 0.283 e. The average molecular weight is 226 g/mol. The summed E-state index contributed by atoms with van der Waals surface area (Å²) >= 11 is 11.5. The van der Waals surface area contributed by atoms with Crippen molar-refractivity contribution in [3.63, 3.8) is 0 Å². The van der Waals surface area contributed by atoms with E-state index in [1.807, 2.05) is 0 Å². The van der Waals surface area contributed by atoms with E-state index in [2.05, 4.69) is 9.97 Å². The van der Waals surface area contributed by atoms with E-state index in [1.165, 1.54) is 0 Å². The van der Waals surface area contributed by atoms with Crippen LogP contribution in [0, 0.1) is 0 Å². The lowest BCUT2D eigenvalue weighted by atomic mass is 10.3. The summed E-state index contributed by atoms with van der Waals surface area (Å²) in [4.78, 5) is 18.3. The molecular formula is C9H3Cl2N2O. The molecular weight excluding hydrogens is 223 g/mol. The molecule has 1 aromatic heterocycles. The molecule has 5 heteroatoms. The number of carbonyl (C=O) groups excluding carboxylic acids is 1. The Balaban J connectivity index is 2.85. The van der Waals surface area contributed by atoms with Gasteiger partial charge in [-0.1, -0.05) is 29.3 Å². The molecule has 2 aromatic rings. The summed E-state index contributed by atoms with van der Waals surface area (Å²) in [6.07, 6.45) is 1.61. The Kier molecular flexibility index (Phi) is 2.35. The van der Waals surface area contributed by atoms with Crippen molar-refractivity contribution in [2.75, 3.05) is 0 Å². The number of hydrogen-bond donors (Lipinski definition) is 0. The number of fused-ring (bicyclic) bond motifs is 1. The molecule has 1 radical (unpaired) electrons. The Labute approximate surface area is 89.7 Å². The van der Waals surface area contributed by atoms with Crippen molar-refractivity contribution in [3.05, 3.63) is 34.1 Å². The zero-order chi connectivity index (χ0) is 10.1. The zero-order valence-electron chi connectivity index (χ0n) is 6.79. The van der Waals surface area contributed by atoms with Crippen LogP contribution in [0.1, 0.15) is 5.69 Å². The van der Waals surface area contributed by atoms with E-state index in [-0.39, 0.29) is 10.8 Å². The summed E-state index contributed by atoms with van der Waals surface area (Å²) in [6.45, 7) is 0. The third kappa shape index (κ3) is 1.45. The van der Waals surface area contributed by atoms with Gasteiger partial charge in [0, 0.05) is 0 Å². The van der Waals surface area contributed by atoms with Gasteiger partial charge in [0.2, 0.25) is 0 Å². The number of hydrogen-bond acceptors (Lipinski definition) is 3. The highest BCUT2D eigenvalue weighted by atomic mass is 35.5. The molecule has 0 unspecified atom stereocenters. The van der Waals surface area contributed by atoms with Crippen LogP contribution >= 0.6 is 23.2 Å². The van der Waals surface area contributed by atoms with Crippen LogP contribution in [0.2, 0.25) is 10.2 Å². The Morgan fingerprint density at radius 1 is 1.21 bits per heavy atom. The van der Waals surface area contributed by atoms with Gasteiger partial charge in [0.15, 0.2) is 10.8 Å². The second-order valence-corrected chi connectivity index (χ2v) is 3.34. The van der Waals surface area contributed by atoms with E-state index in [9.17, 15) is 4.79 Å². The molecule has 0 saturated heterocycles. The smallest absolute Gasteiger partial charge is 0.256 e. The molecule has 1 heterocycles. The maximum atomic E-state index is 10.4. The molecule has 0 atom stereocenters. The first-order chi connectivity index (χ1) is 6.72. The van der Waals surface area contributed by atoms with Crippen LogP contribution < -0.4 is 0 Å². The minimum atomic E-state index is 0.00133. The van der Waals surface area contributed by atoms with Gasteiger partial charge in [-0.05, 0) is 12.1 Å². The Bertz CT molecular complexity index is 513. The van der Waals surface area contributed by atoms with Gasteiger partial charge >= 0.3 is 0 Å². The first kappa shape index (κ1) is 9.37. The van der Waals surface area contributed by atoms with Gasteiger partial charge in [-0.3, -0.25) is 4.79 Å². The summed E-state index contributed by atoms with van der Waals surface area (Å²) in [5.74, 6) is 0. The molecule has 0 amide bonds. The molecule has 1 aromatic carbocycles. The number of aromatic nitrogens is 2. The van der Waals surface area contributed by atoms with Crippen LogP contribution in [-0.2, 0) is 4.79 Å². The van der Waals surface area contributed by atoms with Crippen LogP contribution in [-0.4, -0.2) is 16.3 Å². The van der Waals surface area contributed by atoms with E-state index < -0.39 is 0 Å². The molecule has 0 saturated carbocycles. The third-order valence-electron chi connectivity index (χ3n) is 1.70. The monoisotopic (exact) mass is 225 g/mol. The SMILES string of the molecule is O=[C]c1nc2cccc(Cl)c2nc1Cl. The van der Waals surface area contributed by atoms with Crippen molar-refractivity contribution in [1.29, 1.82) is 0 Å². The fourth-order valence-electron chi connectivity index (χ4n) is 1.09. The average Bonchev–Trinajstić information content (AvgIpc) is 2.19. The van der Waals surface area contributed by atoms with Crippen LogP contribution in [0.3, 0.4) is 0 Å². The molecule has 69 valence electrons. The third-order valence-corrected chi connectivity index (χ3v) is 2.27. The first-order valence-corrected chi connectivity index (χ1v) is 4.48. The van der Waals surface area contributed by atoms with Crippen molar-refractivity contribution in [2.24, 2.45) is 0 Å². The summed E-state index contributed by atoms with van der Waals surface area (Å²) in [7, 11) is 0. The van der Waals surface area contributed by atoms with Gasteiger partial charge in [0.25, 0.3) is 6.29 Å². The molecule has 0 bridgehead atoms. The summed E-state index contributed by atoms with van der Waals surface area (Å²) in [5.41, 5.74) is 1.01. The lowest BCUT2D eigenvalue weighted by molar-refractivity contribution is 0.561. The van der Waals surface area contributed by atoms with Gasteiger partial charge in [-0.2, -0.15) is 0 Å². The highest BCUT2D eigenvalue weighted by molar-refractivity contribution is 6.36. The number of benzene rings is 1. The standard InChI is InChI=1S/C9H3Cl2N2O/c10-5-2-1-3-6-8(5)13-9(11)7(4-14)12-6/h1-3H. The van der Waals surface area contributed by atoms with Gasteiger partial charge in [-0.15, -0.1) is 0 Å². The lowest BCUT2D eigenvalue weighted by Gasteiger charge is -2.00. The van der Waals surface area contributed by atoms with Crippen LogP contribution in [0.4, 0.5) is 0 Å². The van der Waals surface area contributed by atoms with Crippen molar-refractivity contribution < 1.29 is 4.79 Å². The Hall–Kier alpha value is -1.19. The highest BCUT2D eigenvalue weighted by Gasteiger charge is 2.08. The maximum Gasteiger partial charge on any atom is 0.256 e. The quantitative estimate of drug-likeness (QED) is 0.749. The van der Waals surface area contributed by atoms with Crippen molar-refractivity contribution >= 4 is 40.5 Å². The fourth-order valence-corrected chi connectivity index (χ4v) is 1.46. The zero-order valence-corrected chi connectivity index (χ0v) is 8.30. The molecule has 0 N–H and O–H groups in total. The molecule has 0 aliphatic rings. The molecule has 0 aliphatic carbocycles. The predicted octanol–water partition coefficient (Wildman–Crippen LogP) is 2.39. The van der Waals surface area contributed by atoms with Gasteiger partial charge < -0.3 is 0 Å².